The van der Waals surface area contributed by atoms with Gasteiger partial charge in [-0.05, 0) is 36.6 Å². The summed E-state index contributed by atoms with van der Waals surface area (Å²) in [6.45, 7) is 4.73. The average Bonchev–Trinajstić information content (AvgIpc) is 2.28. The van der Waals surface area contributed by atoms with Crippen LogP contribution in [0.3, 0.4) is 0 Å². The van der Waals surface area contributed by atoms with E-state index in [4.69, 9.17) is 5.73 Å². The lowest BCUT2D eigenvalue weighted by molar-refractivity contribution is -0.274. The summed E-state index contributed by atoms with van der Waals surface area (Å²) in [7, 11) is 0. The quantitative estimate of drug-likeness (QED) is 0.836. The molecular weight excluding hydrogens is 275 g/mol. The molecule has 20 heavy (non-hydrogen) atoms. The normalized spacial score (nSPS) is 14.9. The second-order valence-corrected chi connectivity index (χ2v) is 4.96. The summed E-state index contributed by atoms with van der Waals surface area (Å²) in [4.78, 5) is 11.5. The summed E-state index contributed by atoms with van der Waals surface area (Å²) in [5.41, 5.74) is 4.52. The maximum Gasteiger partial charge on any atom is 0.573 e. The first kappa shape index (κ1) is 16.1. The maximum atomic E-state index is 12.2. The molecule has 7 heteroatoms. The van der Waals surface area contributed by atoms with Gasteiger partial charge in [0.25, 0.3) is 0 Å². The summed E-state index contributed by atoms with van der Waals surface area (Å²) in [6, 6.07) is 3.28. The predicted molar refractivity (Wildman–Crippen MR) is 67.4 cm³/mol. The van der Waals surface area contributed by atoms with Crippen LogP contribution in [0.4, 0.5) is 18.9 Å². The zero-order valence-electron chi connectivity index (χ0n) is 11.3. The van der Waals surface area contributed by atoms with Crippen LogP contribution in [-0.2, 0) is 10.2 Å². The van der Waals surface area contributed by atoms with Crippen molar-refractivity contribution in [1.82, 2.24) is 0 Å². The molecular formula is C13H16F3NO3. The number of carboxylic acids is 1. The number of aliphatic carboxylic acids is 1. The van der Waals surface area contributed by atoms with E-state index in [0.717, 1.165) is 12.1 Å². The van der Waals surface area contributed by atoms with Crippen molar-refractivity contribution in [2.24, 2.45) is 5.92 Å². The fourth-order valence-corrected chi connectivity index (χ4v) is 1.86. The molecule has 0 aliphatic carbocycles. The summed E-state index contributed by atoms with van der Waals surface area (Å²) in [5, 5.41) is 9.39. The number of nitrogens with two attached hydrogens (primary N) is 1. The topological polar surface area (TPSA) is 72.5 Å². The zero-order chi connectivity index (χ0) is 15.7. The lowest BCUT2D eigenvalue weighted by Gasteiger charge is -2.31. The van der Waals surface area contributed by atoms with Gasteiger partial charge in [-0.3, -0.25) is 4.79 Å². The Kier molecular flexibility index (Phi) is 4.21. The van der Waals surface area contributed by atoms with E-state index in [2.05, 4.69) is 4.74 Å². The van der Waals surface area contributed by atoms with E-state index in [1.807, 2.05) is 0 Å². The Morgan fingerprint density at radius 2 is 1.90 bits per heavy atom. The number of halogens is 3. The third kappa shape index (κ3) is 3.15. The van der Waals surface area contributed by atoms with Gasteiger partial charge in [0.1, 0.15) is 5.75 Å². The van der Waals surface area contributed by atoms with Crippen LogP contribution < -0.4 is 10.5 Å². The molecule has 0 fully saturated rings. The molecule has 0 spiro atoms. The lowest BCUT2D eigenvalue weighted by Crippen LogP contribution is -2.38. The molecule has 1 aromatic rings. The molecule has 0 amide bonds. The van der Waals surface area contributed by atoms with Gasteiger partial charge in [0.15, 0.2) is 0 Å². The van der Waals surface area contributed by atoms with Crippen molar-refractivity contribution in [2.45, 2.75) is 32.5 Å². The highest BCUT2D eigenvalue weighted by molar-refractivity contribution is 5.83. The van der Waals surface area contributed by atoms with Gasteiger partial charge in [0, 0.05) is 5.69 Å². The standard InChI is InChI=1S/C13H16F3NO3/c1-7(2)12(3,11(18)19)9-6-8(4-5-10(9)17)20-13(14,15)16/h4-7H,17H2,1-3H3,(H,18,19). The summed E-state index contributed by atoms with van der Waals surface area (Å²) < 4.78 is 40.5. The maximum absolute atomic E-state index is 12.2. The molecule has 112 valence electrons. The monoisotopic (exact) mass is 291 g/mol. The first-order valence-electron chi connectivity index (χ1n) is 5.87. The molecule has 4 nitrogen and oxygen atoms in total. The van der Waals surface area contributed by atoms with E-state index in [9.17, 15) is 23.1 Å². The average molecular weight is 291 g/mol. The highest BCUT2D eigenvalue weighted by Gasteiger charge is 2.41. The number of rotatable bonds is 4. The lowest BCUT2D eigenvalue weighted by atomic mass is 9.72. The summed E-state index contributed by atoms with van der Waals surface area (Å²) in [6.07, 6.45) is -4.84. The Morgan fingerprint density at radius 3 is 2.30 bits per heavy atom. The number of hydrogen-bond donors (Lipinski definition) is 2. The van der Waals surface area contributed by atoms with Gasteiger partial charge < -0.3 is 15.6 Å². The molecule has 0 saturated heterocycles. The van der Waals surface area contributed by atoms with Crippen LogP contribution in [0.2, 0.25) is 0 Å². The number of benzene rings is 1. The fraction of sp³-hybridized carbons (Fsp3) is 0.462. The van der Waals surface area contributed by atoms with Crippen LogP contribution >= 0.6 is 0 Å². The van der Waals surface area contributed by atoms with E-state index in [-0.39, 0.29) is 17.2 Å². The van der Waals surface area contributed by atoms with Gasteiger partial charge in [-0.25, -0.2) is 0 Å². The van der Waals surface area contributed by atoms with Gasteiger partial charge in [-0.15, -0.1) is 13.2 Å². The zero-order valence-corrected chi connectivity index (χ0v) is 11.3. The van der Waals surface area contributed by atoms with Gasteiger partial charge >= 0.3 is 12.3 Å². The summed E-state index contributed by atoms with van der Waals surface area (Å²) >= 11 is 0. The third-order valence-electron chi connectivity index (χ3n) is 3.42. The van der Waals surface area contributed by atoms with Crippen molar-refractivity contribution in [2.75, 3.05) is 5.73 Å². The number of carboxylic acid groups (broad SMARTS) is 1. The van der Waals surface area contributed by atoms with Crippen LogP contribution in [0.1, 0.15) is 26.3 Å². The Hall–Kier alpha value is -1.92. The first-order chi connectivity index (χ1) is 8.98. The van der Waals surface area contributed by atoms with Crippen molar-refractivity contribution < 1.29 is 27.8 Å². The molecule has 3 N–H and O–H groups in total. The van der Waals surface area contributed by atoms with Gasteiger partial charge in [-0.2, -0.15) is 0 Å². The van der Waals surface area contributed by atoms with Crippen molar-refractivity contribution >= 4 is 11.7 Å². The number of alkyl halides is 3. The van der Waals surface area contributed by atoms with Crippen LogP contribution in [0, 0.1) is 5.92 Å². The van der Waals surface area contributed by atoms with E-state index in [0.29, 0.717) is 0 Å². The van der Waals surface area contributed by atoms with E-state index in [1.165, 1.54) is 13.0 Å². The highest BCUT2D eigenvalue weighted by atomic mass is 19.4. The van der Waals surface area contributed by atoms with Crippen molar-refractivity contribution in [3.63, 3.8) is 0 Å². The van der Waals surface area contributed by atoms with Crippen LogP contribution in [-0.4, -0.2) is 17.4 Å². The largest absolute Gasteiger partial charge is 0.573 e. The van der Waals surface area contributed by atoms with Crippen molar-refractivity contribution in [3.8, 4) is 5.75 Å². The number of ether oxygens (including phenoxy) is 1. The second kappa shape index (κ2) is 5.22. The molecule has 0 saturated carbocycles. The molecule has 1 rings (SSSR count). The number of anilines is 1. The second-order valence-electron chi connectivity index (χ2n) is 4.96. The van der Waals surface area contributed by atoms with Crippen LogP contribution in [0.25, 0.3) is 0 Å². The van der Waals surface area contributed by atoms with E-state index >= 15 is 0 Å². The Balaban J connectivity index is 3.36. The number of hydrogen-bond acceptors (Lipinski definition) is 3. The van der Waals surface area contributed by atoms with E-state index < -0.39 is 23.5 Å². The molecule has 0 aliphatic heterocycles. The van der Waals surface area contributed by atoms with E-state index in [1.54, 1.807) is 13.8 Å². The molecule has 0 radical (unpaired) electrons. The number of carbonyl (C=O) groups is 1. The molecule has 1 unspecified atom stereocenters. The minimum absolute atomic E-state index is 0.0988. The SMILES string of the molecule is CC(C)C(C)(C(=O)O)c1cc(OC(F)(F)F)ccc1N. The minimum Gasteiger partial charge on any atom is -0.481 e. The van der Waals surface area contributed by atoms with Gasteiger partial charge in [0.2, 0.25) is 0 Å². The highest BCUT2D eigenvalue weighted by Crippen LogP contribution is 2.38. The molecule has 0 aliphatic rings. The van der Waals surface area contributed by atoms with Crippen LogP contribution in [0.5, 0.6) is 5.75 Å². The molecule has 1 atom stereocenters. The first-order valence-corrected chi connectivity index (χ1v) is 5.87. The third-order valence-corrected chi connectivity index (χ3v) is 3.42. The Bertz CT molecular complexity index is 514. The Morgan fingerprint density at radius 1 is 1.35 bits per heavy atom. The predicted octanol–water partition coefficient (Wildman–Crippen LogP) is 3.17. The minimum atomic E-state index is -4.84. The van der Waals surface area contributed by atoms with Crippen molar-refractivity contribution in [3.05, 3.63) is 23.8 Å². The molecule has 0 bridgehead atoms. The number of nitrogen functional groups attached to an aromatic ring is 1. The fourth-order valence-electron chi connectivity index (χ4n) is 1.86. The Labute approximate surface area is 114 Å². The molecule has 0 aromatic heterocycles. The van der Waals surface area contributed by atoms with Gasteiger partial charge in [-0.1, -0.05) is 13.8 Å². The molecule has 0 heterocycles. The molecule has 1 aromatic carbocycles. The van der Waals surface area contributed by atoms with Crippen LogP contribution in [0.15, 0.2) is 18.2 Å². The summed E-state index contributed by atoms with van der Waals surface area (Å²) in [5.74, 6) is -2.03. The van der Waals surface area contributed by atoms with Crippen molar-refractivity contribution in [1.29, 1.82) is 0 Å². The smallest absolute Gasteiger partial charge is 0.481 e. The van der Waals surface area contributed by atoms with Gasteiger partial charge in [0.05, 0.1) is 5.41 Å².